The van der Waals surface area contributed by atoms with Gasteiger partial charge in [-0.15, -0.1) is 0 Å². The van der Waals surface area contributed by atoms with Crippen LogP contribution in [-0.4, -0.2) is 27.0 Å². The Kier molecular flexibility index (Phi) is 3.15. The molecule has 0 unspecified atom stereocenters. The topological polar surface area (TPSA) is 63.6 Å². The second kappa shape index (κ2) is 4.97. The summed E-state index contributed by atoms with van der Waals surface area (Å²) in [7, 11) is 1.70. The summed E-state index contributed by atoms with van der Waals surface area (Å²) in [5, 5.41) is 3.49. The van der Waals surface area contributed by atoms with Crippen LogP contribution in [0.5, 0.6) is 0 Å². The molecule has 1 aromatic carbocycles. The van der Waals surface area contributed by atoms with Crippen molar-refractivity contribution in [1.29, 1.82) is 0 Å². The molecule has 0 aliphatic rings. The summed E-state index contributed by atoms with van der Waals surface area (Å²) < 4.78 is 14.1. The molecule has 0 saturated carbocycles. The minimum atomic E-state index is -0.576. The summed E-state index contributed by atoms with van der Waals surface area (Å²) in [4.78, 5) is 16.6. The Bertz CT molecular complexity index is 779. The number of nitrogens with one attached hydrogen (secondary N) is 1. The molecule has 20 heavy (non-hydrogen) atoms. The fraction of sp³-hybridized carbons (Fsp3) is 0.0769. The van der Waals surface area contributed by atoms with E-state index in [1.165, 1.54) is 18.5 Å². The number of aromatic nitrogens is 4. The number of nitrogens with zero attached hydrogens (tertiary/aromatic N) is 4. The van der Waals surface area contributed by atoms with E-state index in [0.717, 1.165) is 0 Å². The second-order valence-corrected chi connectivity index (χ2v) is 4.40. The largest absolute Gasteiger partial charge is 0.373 e. The highest BCUT2D eigenvalue weighted by Crippen LogP contribution is 2.28. The lowest BCUT2D eigenvalue weighted by Gasteiger charge is -2.08. The third-order valence-corrected chi connectivity index (χ3v) is 3.08. The Labute approximate surface area is 118 Å². The van der Waals surface area contributed by atoms with Crippen molar-refractivity contribution in [2.45, 2.75) is 0 Å². The Morgan fingerprint density at radius 1 is 1.20 bits per heavy atom. The van der Waals surface area contributed by atoms with E-state index in [2.05, 4.69) is 25.3 Å². The Balaban J connectivity index is 2.33. The average Bonchev–Trinajstić information content (AvgIpc) is 2.51. The molecule has 0 amide bonds. The molecule has 0 spiro atoms. The van der Waals surface area contributed by atoms with Gasteiger partial charge >= 0.3 is 0 Å². The lowest BCUT2D eigenvalue weighted by molar-refractivity contribution is 0.637. The number of anilines is 1. The third kappa shape index (κ3) is 2.04. The maximum atomic E-state index is 14.1. The maximum Gasteiger partial charge on any atom is 0.182 e. The van der Waals surface area contributed by atoms with Crippen molar-refractivity contribution in [3.05, 3.63) is 41.6 Å². The quantitative estimate of drug-likeness (QED) is 0.786. The molecule has 7 heteroatoms. The Hall–Kier alpha value is -2.34. The van der Waals surface area contributed by atoms with E-state index in [4.69, 9.17) is 11.6 Å². The molecule has 0 saturated heterocycles. The monoisotopic (exact) mass is 289 g/mol. The highest BCUT2D eigenvalue weighted by atomic mass is 35.5. The molecule has 0 radical (unpaired) electrons. The predicted octanol–water partition coefficient (Wildman–Crippen LogP) is 2.92. The van der Waals surface area contributed by atoms with Crippen molar-refractivity contribution in [1.82, 2.24) is 19.9 Å². The van der Waals surface area contributed by atoms with Crippen LogP contribution < -0.4 is 5.32 Å². The van der Waals surface area contributed by atoms with Crippen molar-refractivity contribution in [2.75, 3.05) is 12.4 Å². The smallest absolute Gasteiger partial charge is 0.182 e. The van der Waals surface area contributed by atoms with Crippen molar-refractivity contribution >= 4 is 28.3 Å². The summed E-state index contributed by atoms with van der Waals surface area (Å²) in [6, 6.07) is 3.15. The molecule has 0 aliphatic carbocycles. The SMILES string of the molecule is CNc1nc(-c2cnccn2)nc2c(F)c(Cl)ccc12. The van der Waals surface area contributed by atoms with Crippen LogP contribution in [-0.2, 0) is 0 Å². The lowest BCUT2D eigenvalue weighted by atomic mass is 10.2. The van der Waals surface area contributed by atoms with Crippen molar-refractivity contribution in [3.63, 3.8) is 0 Å². The molecule has 100 valence electrons. The van der Waals surface area contributed by atoms with E-state index in [1.54, 1.807) is 19.3 Å². The van der Waals surface area contributed by atoms with Gasteiger partial charge in [0.15, 0.2) is 11.6 Å². The molecular weight excluding hydrogens is 281 g/mol. The van der Waals surface area contributed by atoms with Gasteiger partial charge in [-0.1, -0.05) is 11.6 Å². The van der Waals surface area contributed by atoms with Crippen LogP contribution in [0.25, 0.3) is 22.4 Å². The van der Waals surface area contributed by atoms with Crippen LogP contribution in [0, 0.1) is 5.82 Å². The summed E-state index contributed by atoms with van der Waals surface area (Å²) >= 11 is 5.80. The van der Waals surface area contributed by atoms with E-state index >= 15 is 0 Å². The zero-order chi connectivity index (χ0) is 14.1. The number of rotatable bonds is 2. The highest BCUT2D eigenvalue weighted by molar-refractivity contribution is 6.31. The molecule has 5 nitrogen and oxygen atoms in total. The lowest BCUT2D eigenvalue weighted by Crippen LogP contribution is -2.01. The van der Waals surface area contributed by atoms with Gasteiger partial charge in [0.05, 0.1) is 11.2 Å². The third-order valence-electron chi connectivity index (χ3n) is 2.79. The number of hydrogen-bond donors (Lipinski definition) is 1. The van der Waals surface area contributed by atoms with Crippen LogP contribution in [0.2, 0.25) is 5.02 Å². The fourth-order valence-corrected chi connectivity index (χ4v) is 2.01. The van der Waals surface area contributed by atoms with Gasteiger partial charge in [0.2, 0.25) is 0 Å². The number of halogens is 2. The molecule has 0 aliphatic heterocycles. The zero-order valence-corrected chi connectivity index (χ0v) is 11.2. The Morgan fingerprint density at radius 3 is 2.75 bits per heavy atom. The predicted molar refractivity (Wildman–Crippen MR) is 75.1 cm³/mol. The molecule has 0 fully saturated rings. The van der Waals surface area contributed by atoms with Gasteiger partial charge in [-0.2, -0.15) is 0 Å². The Morgan fingerprint density at radius 2 is 2.05 bits per heavy atom. The first-order chi connectivity index (χ1) is 9.70. The minimum Gasteiger partial charge on any atom is -0.373 e. The summed E-state index contributed by atoms with van der Waals surface area (Å²) in [6.07, 6.45) is 4.58. The van der Waals surface area contributed by atoms with Crippen LogP contribution in [0.3, 0.4) is 0 Å². The summed E-state index contributed by atoms with van der Waals surface area (Å²) in [5.74, 6) is 0.218. The fourth-order valence-electron chi connectivity index (χ4n) is 1.86. The van der Waals surface area contributed by atoms with E-state index in [0.29, 0.717) is 16.9 Å². The van der Waals surface area contributed by atoms with Crippen molar-refractivity contribution < 1.29 is 4.39 Å². The molecule has 0 bridgehead atoms. The minimum absolute atomic E-state index is 0.0170. The van der Waals surface area contributed by atoms with Gasteiger partial charge in [0.25, 0.3) is 0 Å². The van der Waals surface area contributed by atoms with Gasteiger partial charge < -0.3 is 5.32 Å². The normalized spacial score (nSPS) is 10.8. The van der Waals surface area contributed by atoms with Gasteiger partial charge in [0, 0.05) is 24.8 Å². The first-order valence-corrected chi connectivity index (χ1v) is 6.18. The molecule has 2 aromatic heterocycles. The van der Waals surface area contributed by atoms with Crippen molar-refractivity contribution in [2.24, 2.45) is 0 Å². The van der Waals surface area contributed by atoms with Gasteiger partial charge in [0.1, 0.15) is 17.0 Å². The van der Waals surface area contributed by atoms with E-state index < -0.39 is 5.82 Å². The maximum absolute atomic E-state index is 14.1. The van der Waals surface area contributed by atoms with Crippen LogP contribution in [0.4, 0.5) is 10.2 Å². The molecule has 3 rings (SSSR count). The van der Waals surface area contributed by atoms with Crippen molar-refractivity contribution in [3.8, 4) is 11.5 Å². The molecule has 2 heterocycles. The molecular formula is C13H9ClFN5. The van der Waals surface area contributed by atoms with Crippen LogP contribution in [0.1, 0.15) is 0 Å². The van der Waals surface area contributed by atoms with Gasteiger partial charge in [-0.05, 0) is 12.1 Å². The van der Waals surface area contributed by atoms with E-state index in [-0.39, 0.29) is 16.4 Å². The molecule has 3 aromatic rings. The summed E-state index contributed by atoms with van der Waals surface area (Å²) in [5.41, 5.74) is 0.614. The number of fused-ring (bicyclic) bond motifs is 1. The van der Waals surface area contributed by atoms with Gasteiger partial charge in [-0.25, -0.2) is 19.3 Å². The number of hydrogen-bond acceptors (Lipinski definition) is 5. The van der Waals surface area contributed by atoms with E-state index in [9.17, 15) is 4.39 Å². The van der Waals surface area contributed by atoms with E-state index in [1.807, 2.05) is 0 Å². The summed E-state index contributed by atoms with van der Waals surface area (Å²) in [6.45, 7) is 0. The second-order valence-electron chi connectivity index (χ2n) is 3.99. The molecule has 0 atom stereocenters. The van der Waals surface area contributed by atoms with Crippen LogP contribution >= 0.6 is 11.6 Å². The first-order valence-electron chi connectivity index (χ1n) is 5.80. The average molecular weight is 290 g/mol. The highest BCUT2D eigenvalue weighted by Gasteiger charge is 2.14. The van der Waals surface area contributed by atoms with Gasteiger partial charge in [-0.3, -0.25) is 4.98 Å². The van der Waals surface area contributed by atoms with Crippen LogP contribution in [0.15, 0.2) is 30.7 Å². The molecule has 1 N–H and O–H groups in total. The first kappa shape index (κ1) is 12.7. The number of benzene rings is 1. The zero-order valence-electron chi connectivity index (χ0n) is 10.4. The standard InChI is InChI=1S/C13H9ClFN5/c1-16-12-7-2-3-8(14)10(15)11(7)19-13(20-12)9-6-17-4-5-18-9/h2-6H,1H3,(H,16,19,20).